The molecule has 1 spiro atoms. The van der Waals surface area contributed by atoms with Crippen LogP contribution in [0.3, 0.4) is 0 Å². The fourth-order valence-corrected chi connectivity index (χ4v) is 6.44. The van der Waals surface area contributed by atoms with Gasteiger partial charge in [0.15, 0.2) is 0 Å². The van der Waals surface area contributed by atoms with Crippen molar-refractivity contribution < 1.29 is 9.59 Å². The van der Waals surface area contributed by atoms with Crippen LogP contribution >= 0.6 is 11.6 Å². The number of halogens is 1. The second kappa shape index (κ2) is 8.61. The summed E-state index contributed by atoms with van der Waals surface area (Å²) in [6, 6.07) is 2.32. The van der Waals surface area contributed by atoms with Crippen LogP contribution in [0.1, 0.15) is 70.6 Å². The van der Waals surface area contributed by atoms with Gasteiger partial charge in [0.2, 0.25) is 11.8 Å². The molecule has 0 N–H and O–H groups in total. The molecule has 0 aromatic carbocycles. The third kappa shape index (κ3) is 3.92. The Hall–Kier alpha value is -1.82. The quantitative estimate of drug-likeness (QED) is 0.693. The summed E-state index contributed by atoms with van der Waals surface area (Å²) in [5, 5.41) is 0.572. The zero-order chi connectivity index (χ0) is 21.4. The predicted molar refractivity (Wildman–Crippen MR) is 123 cm³/mol. The number of carbonyl (C=O) groups excluding carboxylic acids is 2. The van der Waals surface area contributed by atoms with Crippen molar-refractivity contribution >= 4 is 34.9 Å². The lowest BCUT2D eigenvalue weighted by Gasteiger charge is -2.41. The van der Waals surface area contributed by atoms with Gasteiger partial charge in [-0.15, -0.1) is 0 Å². The minimum absolute atomic E-state index is 0.146. The molecule has 2 amide bonds. The summed E-state index contributed by atoms with van der Waals surface area (Å²) >= 11 is 6.67. The third-order valence-corrected chi connectivity index (χ3v) is 8.16. The van der Waals surface area contributed by atoms with Crippen LogP contribution in [0.4, 0.5) is 11.5 Å². The van der Waals surface area contributed by atoms with Gasteiger partial charge in [0.25, 0.3) is 0 Å². The molecule has 0 bridgehead atoms. The first kappa shape index (κ1) is 21.0. The summed E-state index contributed by atoms with van der Waals surface area (Å²) in [5.74, 6) is 1.25. The average molecular weight is 445 g/mol. The molecule has 7 heteroatoms. The van der Waals surface area contributed by atoms with Gasteiger partial charge in [0.1, 0.15) is 5.82 Å². The van der Waals surface area contributed by atoms with E-state index in [-0.39, 0.29) is 11.3 Å². The highest BCUT2D eigenvalue weighted by Gasteiger charge is 2.50. The maximum atomic E-state index is 13.5. The van der Waals surface area contributed by atoms with Crippen molar-refractivity contribution in [2.24, 2.45) is 5.41 Å². The Morgan fingerprint density at radius 2 is 1.81 bits per heavy atom. The number of anilines is 2. The van der Waals surface area contributed by atoms with Gasteiger partial charge in [-0.25, -0.2) is 4.98 Å². The minimum Gasteiger partial charge on any atom is -0.354 e. The van der Waals surface area contributed by atoms with E-state index in [1.54, 1.807) is 11.1 Å². The Balaban J connectivity index is 1.32. The maximum absolute atomic E-state index is 13.5. The number of aromatic nitrogens is 1. The highest BCUT2D eigenvalue weighted by atomic mass is 35.5. The van der Waals surface area contributed by atoms with Crippen molar-refractivity contribution in [3.8, 4) is 0 Å². The second-order valence-electron chi connectivity index (χ2n) is 9.85. The summed E-state index contributed by atoms with van der Waals surface area (Å²) in [7, 11) is 0. The van der Waals surface area contributed by atoms with E-state index in [4.69, 9.17) is 11.6 Å². The van der Waals surface area contributed by atoms with Crippen LogP contribution in [0.25, 0.3) is 0 Å². The molecule has 4 heterocycles. The SMILES string of the molecule is O=C1CCCCN1c1cnc(N2CCCC3(CCN(C4CCCCC4)C3=O)C2)c(Cl)c1. The average Bonchev–Trinajstić information content (AvgIpc) is 3.10. The van der Waals surface area contributed by atoms with E-state index in [0.717, 1.165) is 76.1 Å². The molecule has 1 aromatic heterocycles. The minimum atomic E-state index is -0.289. The molecule has 5 rings (SSSR count). The molecule has 1 aliphatic carbocycles. The van der Waals surface area contributed by atoms with Gasteiger partial charge in [-0.05, 0) is 51.0 Å². The Labute approximate surface area is 189 Å². The molecule has 1 saturated carbocycles. The molecule has 31 heavy (non-hydrogen) atoms. The molecule has 4 aliphatic rings. The predicted octanol–water partition coefficient (Wildman–Crippen LogP) is 4.40. The van der Waals surface area contributed by atoms with Crippen molar-refractivity contribution in [1.82, 2.24) is 9.88 Å². The van der Waals surface area contributed by atoms with Crippen LogP contribution in [0.5, 0.6) is 0 Å². The van der Waals surface area contributed by atoms with E-state index in [9.17, 15) is 9.59 Å². The third-order valence-electron chi connectivity index (χ3n) is 7.88. The number of amides is 2. The summed E-state index contributed by atoms with van der Waals surface area (Å²) in [6.07, 6.45) is 13.3. The lowest BCUT2D eigenvalue weighted by molar-refractivity contribution is -0.139. The molecule has 1 unspecified atom stereocenters. The highest BCUT2D eigenvalue weighted by molar-refractivity contribution is 6.33. The Morgan fingerprint density at radius 3 is 2.58 bits per heavy atom. The van der Waals surface area contributed by atoms with E-state index in [1.807, 2.05) is 6.07 Å². The standard InChI is InChI=1S/C24H33ClN4O2/c25-20-15-19(28-13-5-4-9-21(28)30)16-26-22(20)27-12-6-10-24(17-27)11-14-29(23(24)31)18-7-2-1-3-8-18/h15-16,18H,1-14,17H2. The van der Waals surface area contributed by atoms with E-state index in [2.05, 4.69) is 14.8 Å². The molecule has 6 nitrogen and oxygen atoms in total. The second-order valence-corrected chi connectivity index (χ2v) is 10.3. The highest BCUT2D eigenvalue weighted by Crippen LogP contribution is 2.44. The number of likely N-dealkylation sites (tertiary alicyclic amines) is 1. The van der Waals surface area contributed by atoms with Gasteiger partial charge < -0.3 is 14.7 Å². The van der Waals surface area contributed by atoms with Gasteiger partial charge in [0.05, 0.1) is 22.3 Å². The van der Waals surface area contributed by atoms with Crippen LogP contribution in [-0.2, 0) is 9.59 Å². The molecule has 3 saturated heterocycles. The first-order valence-electron chi connectivity index (χ1n) is 12.1. The number of nitrogens with zero attached hydrogens (tertiary/aromatic N) is 4. The van der Waals surface area contributed by atoms with Crippen molar-refractivity contribution in [1.29, 1.82) is 0 Å². The van der Waals surface area contributed by atoms with E-state index in [1.165, 1.54) is 19.3 Å². The van der Waals surface area contributed by atoms with Crippen molar-refractivity contribution in [3.63, 3.8) is 0 Å². The molecule has 0 radical (unpaired) electrons. The lowest BCUT2D eigenvalue weighted by atomic mass is 9.78. The molecule has 3 aliphatic heterocycles. The smallest absolute Gasteiger partial charge is 0.230 e. The fraction of sp³-hybridized carbons (Fsp3) is 0.708. The summed E-state index contributed by atoms with van der Waals surface area (Å²) < 4.78 is 0. The normalized spacial score (nSPS) is 28.1. The molecular formula is C24H33ClN4O2. The Bertz CT molecular complexity index is 856. The van der Waals surface area contributed by atoms with Crippen molar-refractivity contribution in [3.05, 3.63) is 17.3 Å². The summed E-state index contributed by atoms with van der Waals surface area (Å²) in [4.78, 5) is 36.7. The molecule has 1 atom stereocenters. The van der Waals surface area contributed by atoms with E-state index < -0.39 is 0 Å². The maximum Gasteiger partial charge on any atom is 0.230 e. The number of hydrogen-bond donors (Lipinski definition) is 0. The number of carbonyl (C=O) groups is 2. The van der Waals surface area contributed by atoms with E-state index >= 15 is 0 Å². The Kier molecular flexibility index (Phi) is 5.84. The zero-order valence-electron chi connectivity index (χ0n) is 18.3. The van der Waals surface area contributed by atoms with Crippen LogP contribution < -0.4 is 9.80 Å². The summed E-state index contributed by atoms with van der Waals surface area (Å²) in [5.41, 5.74) is 0.493. The fourth-order valence-electron chi connectivity index (χ4n) is 6.16. The number of pyridine rings is 1. The first-order valence-corrected chi connectivity index (χ1v) is 12.5. The molecule has 1 aromatic rings. The largest absolute Gasteiger partial charge is 0.354 e. The first-order chi connectivity index (χ1) is 15.1. The zero-order valence-corrected chi connectivity index (χ0v) is 19.1. The van der Waals surface area contributed by atoms with Crippen LogP contribution in [0.2, 0.25) is 5.02 Å². The van der Waals surface area contributed by atoms with Crippen LogP contribution in [0.15, 0.2) is 12.3 Å². The topological polar surface area (TPSA) is 56.8 Å². The van der Waals surface area contributed by atoms with Crippen LogP contribution in [-0.4, -0.2) is 53.9 Å². The van der Waals surface area contributed by atoms with Crippen molar-refractivity contribution in [2.45, 2.75) is 76.7 Å². The molecular weight excluding hydrogens is 412 g/mol. The van der Waals surface area contributed by atoms with Gasteiger partial charge in [-0.3, -0.25) is 9.59 Å². The van der Waals surface area contributed by atoms with E-state index in [0.29, 0.717) is 29.9 Å². The Morgan fingerprint density at radius 1 is 0.968 bits per heavy atom. The van der Waals surface area contributed by atoms with Crippen molar-refractivity contribution in [2.75, 3.05) is 36.0 Å². The van der Waals surface area contributed by atoms with Gasteiger partial charge in [-0.2, -0.15) is 0 Å². The molecule has 4 fully saturated rings. The number of piperidine rings is 2. The number of hydrogen-bond acceptors (Lipinski definition) is 4. The lowest BCUT2D eigenvalue weighted by Crippen LogP contribution is -2.50. The number of rotatable bonds is 3. The van der Waals surface area contributed by atoms with Gasteiger partial charge in [-0.1, -0.05) is 30.9 Å². The van der Waals surface area contributed by atoms with Gasteiger partial charge >= 0.3 is 0 Å². The van der Waals surface area contributed by atoms with Gasteiger partial charge in [0, 0.05) is 38.6 Å². The summed E-state index contributed by atoms with van der Waals surface area (Å²) in [6.45, 7) is 3.19. The monoisotopic (exact) mass is 444 g/mol. The van der Waals surface area contributed by atoms with Crippen LogP contribution in [0, 0.1) is 5.41 Å². The molecule has 168 valence electrons.